The summed E-state index contributed by atoms with van der Waals surface area (Å²) in [6.07, 6.45) is 1.69. The van der Waals surface area contributed by atoms with Gasteiger partial charge in [0.15, 0.2) is 6.29 Å². The summed E-state index contributed by atoms with van der Waals surface area (Å²) in [6.45, 7) is 7.26. The number of unbranched alkanes of at least 4 members (excludes halogenated alkanes) is 1. The lowest BCUT2D eigenvalue weighted by Crippen LogP contribution is -2.56. The second-order valence-electron chi connectivity index (χ2n) is 12.4. The normalized spacial score (nSPS) is 35.0. The van der Waals surface area contributed by atoms with Crippen LogP contribution in [0.15, 0.2) is 36.5 Å². The molecule has 8 heteroatoms. The van der Waals surface area contributed by atoms with Crippen LogP contribution in [-0.2, 0) is 20.7 Å². The molecule has 0 saturated carbocycles. The molecule has 1 fully saturated rings. The van der Waals surface area contributed by atoms with Gasteiger partial charge >= 0.3 is 0 Å². The van der Waals surface area contributed by atoms with Gasteiger partial charge in [-0.3, -0.25) is 9.78 Å². The summed E-state index contributed by atoms with van der Waals surface area (Å²) in [5.41, 5.74) is -0.0988. The number of aliphatic hydroxyl groups is 4. The third kappa shape index (κ3) is 8.30. The molecular formula is C32H49NO7. The van der Waals surface area contributed by atoms with E-state index in [4.69, 9.17) is 9.47 Å². The van der Waals surface area contributed by atoms with E-state index in [9.17, 15) is 25.2 Å². The molecule has 2 unspecified atom stereocenters. The minimum Gasteiger partial charge on any atom is -0.393 e. The van der Waals surface area contributed by atoms with Gasteiger partial charge in [-0.05, 0) is 68.6 Å². The Hall–Kier alpha value is -1.94. The zero-order chi connectivity index (χ0) is 29.5. The number of ketones is 1. The number of pyridine rings is 1. The summed E-state index contributed by atoms with van der Waals surface area (Å²) in [7, 11) is 1.61. The Kier molecular flexibility index (Phi) is 11.6. The molecule has 0 spiro atoms. The van der Waals surface area contributed by atoms with Crippen LogP contribution >= 0.6 is 0 Å². The highest BCUT2D eigenvalue weighted by atomic mass is 16.6. The van der Waals surface area contributed by atoms with Crippen molar-refractivity contribution in [2.24, 2.45) is 17.3 Å². The van der Waals surface area contributed by atoms with E-state index in [0.717, 1.165) is 29.3 Å². The molecule has 1 aliphatic rings. The Balaban J connectivity index is 1.74. The number of ether oxygens (including phenoxy) is 2. The van der Waals surface area contributed by atoms with Crippen LogP contribution in [0.3, 0.4) is 0 Å². The summed E-state index contributed by atoms with van der Waals surface area (Å²) in [5, 5.41) is 45.7. The van der Waals surface area contributed by atoms with E-state index in [1.165, 1.54) is 6.92 Å². The fraction of sp³-hybridized carbons (Fsp3) is 0.688. The van der Waals surface area contributed by atoms with Crippen molar-refractivity contribution in [3.63, 3.8) is 0 Å². The lowest BCUT2D eigenvalue weighted by atomic mass is 9.76. The molecule has 224 valence electrons. The maximum Gasteiger partial charge on any atom is 0.160 e. The van der Waals surface area contributed by atoms with E-state index in [1.807, 2.05) is 37.4 Å². The molecule has 1 aromatic carbocycles. The maximum atomic E-state index is 13.1. The SMILES string of the molecule is COC[C@]1(C)CCC(=O)[C@H](C)[C@@H](O)[C@](C)(O)[C@@H](CCCCc2cnc3ccccc3c2)OC(O)[C@H](C)C(O)CC1. The van der Waals surface area contributed by atoms with Gasteiger partial charge in [-0.2, -0.15) is 0 Å². The number of aromatic nitrogens is 1. The third-order valence-corrected chi connectivity index (χ3v) is 8.93. The summed E-state index contributed by atoms with van der Waals surface area (Å²) < 4.78 is 11.4. The molecule has 2 aromatic rings. The molecule has 1 aliphatic heterocycles. The number of aryl methyl sites for hydroxylation is 1. The zero-order valence-corrected chi connectivity index (χ0v) is 24.8. The summed E-state index contributed by atoms with van der Waals surface area (Å²) in [5.74, 6) is -1.59. The molecule has 8 atom stereocenters. The van der Waals surface area contributed by atoms with E-state index in [2.05, 4.69) is 11.1 Å². The van der Waals surface area contributed by atoms with Crippen molar-refractivity contribution in [3.05, 3.63) is 42.1 Å². The minimum atomic E-state index is -1.80. The molecule has 1 saturated heterocycles. The van der Waals surface area contributed by atoms with Crippen LogP contribution in [0.5, 0.6) is 0 Å². The van der Waals surface area contributed by atoms with Gasteiger partial charge in [-0.1, -0.05) is 45.4 Å². The van der Waals surface area contributed by atoms with Crippen molar-refractivity contribution in [3.8, 4) is 0 Å². The largest absolute Gasteiger partial charge is 0.393 e. The number of aliphatic hydroxyl groups excluding tert-OH is 3. The van der Waals surface area contributed by atoms with Crippen LogP contribution in [-0.4, -0.2) is 75.1 Å². The van der Waals surface area contributed by atoms with E-state index >= 15 is 0 Å². The van der Waals surface area contributed by atoms with E-state index < -0.39 is 42.0 Å². The van der Waals surface area contributed by atoms with Crippen molar-refractivity contribution in [1.29, 1.82) is 0 Å². The fourth-order valence-corrected chi connectivity index (χ4v) is 5.79. The predicted octanol–water partition coefficient (Wildman–Crippen LogP) is 4.19. The Bertz CT molecular complexity index is 1090. The molecule has 0 bridgehead atoms. The van der Waals surface area contributed by atoms with E-state index in [0.29, 0.717) is 38.7 Å². The molecule has 3 rings (SSSR count). The topological polar surface area (TPSA) is 129 Å². The minimum absolute atomic E-state index is 0.149. The Morgan fingerprint density at radius 3 is 2.55 bits per heavy atom. The number of nitrogens with zero attached hydrogens (tertiary/aromatic N) is 1. The van der Waals surface area contributed by atoms with Crippen molar-refractivity contribution >= 4 is 16.7 Å². The van der Waals surface area contributed by atoms with Gasteiger partial charge in [-0.25, -0.2) is 0 Å². The lowest BCUT2D eigenvalue weighted by Gasteiger charge is -2.41. The molecule has 40 heavy (non-hydrogen) atoms. The summed E-state index contributed by atoms with van der Waals surface area (Å²) in [6, 6.07) is 10.1. The van der Waals surface area contributed by atoms with Gasteiger partial charge < -0.3 is 29.9 Å². The number of para-hydroxylation sites is 1. The van der Waals surface area contributed by atoms with Crippen molar-refractivity contribution < 1.29 is 34.7 Å². The average molecular weight is 560 g/mol. The smallest absolute Gasteiger partial charge is 0.160 e. The number of hydrogen-bond acceptors (Lipinski definition) is 8. The Morgan fingerprint density at radius 2 is 1.82 bits per heavy atom. The molecule has 0 radical (unpaired) electrons. The van der Waals surface area contributed by atoms with E-state index in [-0.39, 0.29) is 17.6 Å². The molecular weight excluding hydrogens is 510 g/mol. The molecule has 2 heterocycles. The van der Waals surface area contributed by atoms with Crippen molar-refractivity contribution in [2.45, 2.75) is 109 Å². The van der Waals surface area contributed by atoms with Crippen LogP contribution in [0.25, 0.3) is 10.9 Å². The van der Waals surface area contributed by atoms with Gasteiger partial charge in [0.2, 0.25) is 0 Å². The maximum absolute atomic E-state index is 13.1. The lowest BCUT2D eigenvalue weighted by molar-refractivity contribution is -0.244. The van der Waals surface area contributed by atoms with Gasteiger partial charge in [0.05, 0.1) is 30.4 Å². The number of Topliss-reactive ketones (excluding diaryl/α,β-unsaturated/α-hetero) is 1. The highest BCUT2D eigenvalue weighted by molar-refractivity contribution is 5.81. The number of hydrogen-bond donors (Lipinski definition) is 4. The fourth-order valence-electron chi connectivity index (χ4n) is 5.79. The van der Waals surface area contributed by atoms with Gasteiger partial charge in [-0.15, -0.1) is 0 Å². The first kappa shape index (κ1) is 32.6. The van der Waals surface area contributed by atoms with Crippen LogP contribution < -0.4 is 0 Å². The standard InChI is InChI=1S/C32H49NO7/c1-21-26(34)14-16-31(3,20-39-5)17-15-27(35)22(2)30(37)40-28(32(4,38)29(21)36)13-9-6-10-23-18-24-11-7-8-12-25(24)33-19-23/h7-8,11-12,18-19,21-22,27-30,35-38H,6,9-10,13-17,20H2,1-5H3/t21-,22+,27?,28+,29+,30?,31+,32+/m0/s1. The molecule has 8 nitrogen and oxygen atoms in total. The number of benzene rings is 1. The highest BCUT2D eigenvalue weighted by Crippen LogP contribution is 2.35. The number of fused-ring (bicyclic) bond motifs is 1. The molecule has 0 amide bonds. The van der Waals surface area contributed by atoms with Gasteiger partial charge in [0, 0.05) is 36.9 Å². The Labute approximate surface area is 238 Å². The third-order valence-electron chi connectivity index (χ3n) is 8.93. The second kappa shape index (κ2) is 14.3. The van der Waals surface area contributed by atoms with Crippen LogP contribution in [0.2, 0.25) is 0 Å². The molecule has 0 aliphatic carbocycles. The molecule has 1 aromatic heterocycles. The summed E-state index contributed by atoms with van der Waals surface area (Å²) >= 11 is 0. The highest BCUT2D eigenvalue weighted by Gasteiger charge is 2.45. The number of rotatable bonds is 7. The van der Waals surface area contributed by atoms with E-state index in [1.54, 1.807) is 21.0 Å². The van der Waals surface area contributed by atoms with Crippen LogP contribution in [0, 0.1) is 17.3 Å². The van der Waals surface area contributed by atoms with Gasteiger partial charge in [0.25, 0.3) is 0 Å². The molecule has 4 N–H and O–H groups in total. The zero-order valence-electron chi connectivity index (χ0n) is 24.8. The second-order valence-corrected chi connectivity index (χ2v) is 12.4. The number of carbonyl (C=O) groups is 1. The Morgan fingerprint density at radius 1 is 1.10 bits per heavy atom. The first-order chi connectivity index (χ1) is 18.9. The monoisotopic (exact) mass is 559 g/mol. The van der Waals surface area contributed by atoms with Crippen molar-refractivity contribution in [1.82, 2.24) is 4.98 Å². The first-order valence-corrected chi connectivity index (χ1v) is 14.7. The number of methoxy groups -OCH3 is 1. The van der Waals surface area contributed by atoms with Crippen LogP contribution in [0.1, 0.15) is 78.2 Å². The summed E-state index contributed by atoms with van der Waals surface area (Å²) in [4.78, 5) is 17.6. The van der Waals surface area contributed by atoms with Crippen molar-refractivity contribution in [2.75, 3.05) is 13.7 Å². The first-order valence-electron chi connectivity index (χ1n) is 14.7. The average Bonchev–Trinajstić information content (AvgIpc) is 2.94. The predicted molar refractivity (Wildman–Crippen MR) is 155 cm³/mol. The quantitative estimate of drug-likeness (QED) is 0.372. The van der Waals surface area contributed by atoms with Gasteiger partial charge in [0.1, 0.15) is 11.4 Å². The van der Waals surface area contributed by atoms with Crippen LogP contribution in [0.4, 0.5) is 0 Å². The number of carbonyl (C=O) groups excluding carboxylic acids is 1.